The van der Waals surface area contributed by atoms with E-state index in [1.165, 1.54) is 31.6 Å². The van der Waals surface area contributed by atoms with Gasteiger partial charge in [-0.3, -0.25) is 9.59 Å². The maximum Gasteiger partial charge on any atom is 0.158 e. The van der Waals surface area contributed by atoms with Crippen molar-refractivity contribution in [3.63, 3.8) is 0 Å². The number of hydrogen-bond donors (Lipinski definition) is 2. The number of nitrogens with zero attached hydrogens (tertiary/aromatic N) is 2. The van der Waals surface area contributed by atoms with Crippen LogP contribution in [0.25, 0.3) is 10.9 Å². The quantitative estimate of drug-likeness (QED) is 0.486. The Balaban J connectivity index is 1.86. The summed E-state index contributed by atoms with van der Waals surface area (Å²) >= 11 is 5.85. The van der Waals surface area contributed by atoms with Crippen molar-refractivity contribution in [3.8, 4) is 5.75 Å². The van der Waals surface area contributed by atoms with Gasteiger partial charge in [0.2, 0.25) is 0 Å². The molecule has 0 radical (unpaired) electrons. The minimum atomic E-state index is -0.522. The summed E-state index contributed by atoms with van der Waals surface area (Å²) < 4.78 is 18.9. The van der Waals surface area contributed by atoms with Gasteiger partial charge in [-0.25, -0.2) is 14.4 Å². The van der Waals surface area contributed by atoms with Gasteiger partial charge in [0.05, 0.1) is 17.6 Å². The second kappa shape index (κ2) is 10.3. The van der Waals surface area contributed by atoms with Gasteiger partial charge in [-0.2, -0.15) is 0 Å². The third kappa shape index (κ3) is 5.74. The third-order valence-corrected chi connectivity index (χ3v) is 4.98. The second-order valence-electron chi connectivity index (χ2n) is 6.92. The first kappa shape index (κ1) is 22.6. The maximum atomic E-state index is 13.4. The monoisotopic (exact) mass is 445 g/mol. The predicted octanol–water partition coefficient (Wildman–Crippen LogP) is 4.02. The lowest BCUT2D eigenvalue weighted by Crippen LogP contribution is -2.08. The molecule has 2 aromatic carbocycles. The second-order valence-corrected chi connectivity index (χ2v) is 7.33. The highest BCUT2D eigenvalue weighted by molar-refractivity contribution is 6.31. The fourth-order valence-corrected chi connectivity index (χ4v) is 3.31. The number of hydrogen-bond acceptors (Lipinski definition) is 7. The average Bonchev–Trinajstić information content (AvgIpc) is 2.76. The van der Waals surface area contributed by atoms with E-state index in [0.29, 0.717) is 40.1 Å². The standard InChI is InChI=1S/C22H21ClFN3O4/c1-31-21-10-20-17(8-13(21)7-15(29)3-2-4-16(30)11-28)22(26-12-25-20)27-14-5-6-19(24)18(23)9-14/h5-6,8-10,12,28H,2-4,7,11H2,1H3,(H,25,26,27). The van der Waals surface area contributed by atoms with Crippen molar-refractivity contribution in [2.24, 2.45) is 0 Å². The molecule has 0 unspecified atom stereocenters. The summed E-state index contributed by atoms with van der Waals surface area (Å²) in [5, 5.41) is 12.5. The van der Waals surface area contributed by atoms with E-state index in [1.54, 1.807) is 12.1 Å². The summed E-state index contributed by atoms with van der Waals surface area (Å²) in [6, 6.07) is 7.74. The fraction of sp³-hybridized carbons (Fsp3) is 0.273. The normalized spacial score (nSPS) is 10.8. The first-order valence-electron chi connectivity index (χ1n) is 9.59. The maximum absolute atomic E-state index is 13.4. The molecule has 0 saturated carbocycles. The van der Waals surface area contributed by atoms with Gasteiger partial charge in [-0.1, -0.05) is 11.6 Å². The first-order valence-corrected chi connectivity index (χ1v) is 9.97. The molecule has 0 aliphatic rings. The van der Waals surface area contributed by atoms with Gasteiger partial charge in [-0.15, -0.1) is 0 Å². The number of Topliss-reactive ketones (excluding diaryl/α,β-unsaturated/α-hetero) is 2. The highest BCUT2D eigenvalue weighted by Gasteiger charge is 2.14. The molecule has 162 valence electrons. The lowest BCUT2D eigenvalue weighted by atomic mass is 10.0. The van der Waals surface area contributed by atoms with Crippen LogP contribution in [0.1, 0.15) is 24.8 Å². The summed E-state index contributed by atoms with van der Waals surface area (Å²) in [7, 11) is 1.51. The molecule has 0 spiro atoms. The van der Waals surface area contributed by atoms with Gasteiger partial charge < -0.3 is 15.2 Å². The summed E-state index contributed by atoms with van der Waals surface area (Å²) in [4.78, 5) is 32.1. The molecule has 0 aliphatic heterocycles. The van der Waals surface area contributed by atoms with E-state index in [9.17, 15) is 14.0 Å². The summed E-state index contributed by atoms with van der Waals surface area (Å²) in [6.45, 7) is -0.512. The number of aliphatic hydroxyl groups is 1. The van der Waals surface area contributed by atoms with Crippen LogP contribution < -0.4 is 10.1 Å². The van der Waals surface area contributed by atoms with Crippen molar-refractivity contribution in [1.29, 1.82) is 0 Å². The molecular formula is C22H21ClFN3O4. The Morgan fingerprint density at radius 2 is 1.94 bits per heavy atom. The van der Waals surface area contributed by atoms with E-state index < -0.39 is 12.4 Å². The Bertz CT molecular complexity index is 1120. The molecule has 31 heavy (non-hydrogen) atoms. The number of carbonyl (C=O) groups excluding carboxylic acids is 2. The highest BCUT2D eigenvalue weighted by atomic mass is 35.5. The molecule has 0 aliphatic carbocycles. The predicted molar refractivity (Wildman–Crippen MR) is 115 cm³/mol. The van der Waals surface area contributed by atoms with Crippen LogP contribution in [0, 0.1) is 5.82 Å². The van der Waals surface area contributed by atoms with Crippen LogP contribution in [0.15, 0.2) is 36.7 Å². The van der Waals surface area contributed by atoms with Crippen molar-refractivity contribution in [2.45, 2.75) is 25.7 Å². The fourth-order valence-electron chi connectivity index (χ4n) is 3.13. The number of fused-ring (bicyclic) bond motifs is 1. The number of halogens is 2. The molecule has 3 rings (SSSR count). The Morgan fingerprint density at radius 3 is 2.65 bits per heavy atom. The van der Waals surface area contributed by atoms with E-state index in [-0.39, 0.29) is 35.9 Å². The summed E-state index contributed by atoms with van der Waals surface area (Å²) in [6.07, 6.45) is 2.27. The summed E-state index contributed by atoms with van der Waals surface area (Å²) in [5.41, 5.74) is 1.81. The van der Waals surface area contributed by atoms with Crippen molar-refractivity contribution in [2.75, 3.05) is 19.0 Å². The minimum Gasteiger partial charge on any atom is -0.496 e. The number of carbonyl (C=O) groups is 2. The largest absolute Gasteiger partial charge is 0.496 e. The van der Waals surface area contributed by atoms with Crippen LogP contribution in [0.5, 0.6) is 5.75 Å². The van der Waals surface area contributed by atoms with Gasteiger partial charge >= 0.3 is 0 Å². The van der Waals surface area contributed by atoms with Crippen molar-refractivity contribution >= 4 is 45.6 Å². The molecule has 7 nitrogen and oxygen atoms in total. The Morgan fingerprint density at radius 1 is 1.16 bits per heavy atom. The van der Waals surface area contributed by atoms with Gasteiger partial charge in [0, 0.05) is 42.0 Å². The topological polar surface area (TPSA) is 101 Å². The number of methoxy groups -OCH3 is 1. The van der Waals surface area contributed by atoms with E-state index in [2.05, 4.69) is 15.3 Å². The number of benzene rings is 2. The molecule has 9 heteroatoms. The molecule has 3 aromatic rings. The van der Waals surface area contributed by atoms with Crippen LogP contribution in [0.4, 0.5) is 15.9 Å². The van der Waals surface area contributed by atoms with Crippen molar-refractivity contribution < 1.29 is 23.8 Å². The molecule has 1 aromatic heterocycles. The molecule has 1 heterocycles. The van der Waals surface area contributed by atoms with Crippen LogP contribution in [0.2, 0.25) is 5.02 Å². The molecule has 0 amide bonds. The number of ether oxygens (including phenoxy) is 1. The minimum absolute atomic E-state index is 0.0176. The lowest BCUT2D eigenvalue weighted by molar-refractivity contribution is -0.122. The van der Waals surface area contributed by atoms with E-state index in [4.69, 9.17) is 21.4 Å². The van der Waals surface area contributed by atoms with Crippen molar-refractivity contribution in [3.05, 3.63) is 53.1 Å². The zero-order valence-electron chi connectivity index (χ0n) is 16.8. The Labute approximate surface area is 183 Å². The molecular weight excluding hydrogens is 425 g/mol. The lowest BCUT2D eigenvalue weighted by Gasteiger charge is -2.13. The summed E-state index contributed by atoms with van der Waals surface area (Å²) in [5.74, 6) is 0.121. The van der Waals surface area contributed by atoms with Gasteiger partial charge in [0.1, 0.15) is 36.1 Å². The van der Waals surface area contributed by atoms with Crippen LogP contribution in [-0.4, -0.2) is 40.4 Å². The van der Waals surface area contributed by atoms with Crippen molar-refractivity contribution in [1.82, 2.24) is 9.97 Å². The van der Waals surface area contributed by atoms with Crippen LogP contribution >= 0.6 is 11.6 Å². The Kier molecular flexibility index (Phi) is 7.49. The first-order chi connectivity index (χ1) is 14.9. The third-order valence-electron chi connectivity index (χ3n) is 4.70. The van der Waals surface area contributed by atoms with E-state index in [0.717, 1.165) is 0 Å². The molecule has 0 saturated heterocycles. The SMILES string of the molecule is COc1cc2ncnc(Nc3ccc(F)c(Cl)c3)c2cc1CC(=O)CCCC(=O)CO. The van der Waals surface area contributed by atoms with E-state index >= 15 is 0 Å². The van der Waals surface area contributed by atoms with Gasteiger partial charge in [0.25, 0.3) is 0 Å². The molecule has 0 fully saturated rings. The highest BCUT2D eigenvalue weighted by Crippen LogP contribution is 2.31. The van der Waals surface area contributed by atoms with Crippen LogP contribution in [0.3, 0.4) is 0 Å². The smallest absolute Gasteiger partial charge is 0.158 e. The number of ketones is 2. The molecule has 2 N–H and O–H groups in total. The van der Waals surface area contributed by atoms with Crippen LogP contribution in [-0.2, 0) is 16.0 Å². The zero-order chi connectivity index (χ0) is 22.4. The van der Waals surface area contributed by atoms with E-state index in [1.807, 2.05) is 0 Å². The Hall–Kier alpha value is -3.10. The number of aliphatic hydroxyl groups excluding tert-OH is 1. The number of nitrogens with one attached hydrogen (secondary N) is 1. The molecule has 0 bridgehead atoms. The molecule has 0 atom stereocenters. The van der Waals surface area contributed by atoms with Gasteiger partial charge in [-0.05, 0) is 30.7 Å². The number of rotatable bonds is 10. The zero-order valence-corrected chi connectivity index (χ0v) is 17.6. The number of aromatic nitrogens is 2. The number of anilines is 2. The van der Waals surface area contributed by atoms with Gasteiger partial charge in [0.15, 0.2) is 5.78 Å². The average molecular weight is 446 g/mol.